The largest absolute Gasteiger partial charge is 0.370 e. The molecule has 0 atom stereocenters. The molecule has 0 aliphatic carbocycles. The van der Waals surface area contributed by atoms with Gasteiger partial charge in [-0.25, -0.2) is 9.97 Å². The maximum absolute atomic E-state index is 11.5. The molecule has 1 aromatic rings. The molecule has 0 unspecified atom stereocenters. The third-order valence-corrected chi connectivity index (χ3v) is 2.87. The van der Waals surface area contributed by atoms with E-state index in [4.69, 9.17) is 0 Å². The van der Waals surface area contributed by atoms with Crippen molar-refractivity contribution < 1.29 is 4.79 Å². The van der Waals surface area contributed by atoms with E-state index in [0.717, 1.165) is 30.3 Å². The van der Waals surface area contributed by atoms with E-state index in [9.17, 15) is 4.79 Å². The van der Waals surface area contributed by atoms with E-state index >= 15 is 0 Å². The van der Waals surface area contributed by atoms with Gasteiger partial charge in [0.1, 0.15) is 17.5 Å². The van der Waals surface area contributed by atoms with Crippen LogP contribution in [0.3, 0.4) is 0 Å². The number of anilines is 2. The molecule has 6 heteroatoms. The van der Waals surface area contributed by atoms with Crippen molar-refractivity contribution in [1.29, 1.82) is 0 Å². The Balaban J connectivity index is 3.12. The minimum absolute atomic E-state index is 0.0254. The van der Waals surface area contributed by atoms with Gasteiger partial charge in [-0.1, -0.05) is 0 Å². The van der Waals surface area contributed by atoms with Crippen LogP contribution in [0.1, 0.15) is 25.2 Å². The van der Waals surface area contributed by atoms with Crippen LogP contribution in [0.25, 0.3) is 0 Å². The Bertz CT molecular complexity index is 447. The second-order valence-corrected chi connectivity index (χ2v) is 4.29. The zero-order valence-corrected chi connectivity index (χ0v) is 12.4. The fraction of sp³-hybridized carbons (Fsp3) is 0.615. The molecule has 19 heavy (non-hydrogen) atoms. The van der Waals surface area contributed by atoms with Crippen molar-refractivity contribution in [2.24, 2.45) is 0 Å². The molecular formula is C13H23N5O. The lowest BCUT2D eigenvalue weighted by Gasteiger charge is -2.24. The van der Waals surface area contributed by atoms with Gasteiger partial charge in [-0.15, -0.1) is 0 Å². The normalized spacial score (nSPS) is 10.2. The topological polar surface area (TPSA) is 70.2 Å². The number of hydrogen-bond acceptors (Lipinski definition) is 5. The van der Waals surface area contributed by atoms with E-state index in [1.165, 1.54) is 0 Å². The van der Waals surface area contributed by atoms with Gasteiger partial charge in [0.05, 0.1) is 6.54 Å². The molecular weight excluding hydrogens is 242 g/mol. The fourth-order valence-corrected chi connectivity index (χ4v) is 1.85. The van der Waals surface area contributed by atoms with Crippen molar-refractivity contribution in [3.05, 3.63) is 11.4 Å². The van der Waals surface area contributed by atoms with Gasteiger partial charge in [0.25, 0.3) is 0 Å². The first-order valence-corrected chi connectivity index (χ1v) is 6.58. The lowest BCUT2D eigenvalue weighted by Crippen LogP contribution is -2.36. The second-order valence-electron chi connectivity index (χ2n) is 4.29. The predicted molar refractivity (Wildman–Crippen MR) is 77.6 cm³/mol. The van der Waals surface area contributed by atoms with Gasteiger partial charge in [-0.3, -0.25) is 4.79 Å². The number of nitrogens with one attached hydrogen (secondary N) is 2. The second kappa shape index (κ2) is 6.92. The molecule has 1 rings (SSSR count). The first-order chi connectivity index (χ1) is 9.03. The minimum atomic E-state index is -0.0254. The van der Waals surface area contributed by atoms with Crippen molar-refractivity contribution in [1.82, 2.24) is 15.3 Å². The fourth-order valence-electron chi connectivity index (χ4n) is 1.85. The number of carbonyl (C=O) groups excluding carboxylic acids is 1. The molecule has 0 aliphatic rings. The van der Waals surface area contributed by atoms with E-state index in [1.807, 2.05) is 32.6 Å². The number of aromatic nitrogens is 2. The van der Waals surface area contributed by atoms with Crippen molar-refractivity contribution in [2.75, 3.05) is 36.9 Å². The number of carbonyl (C=O) groups is 1. The Morgan fingerprint density at radius 2 is 1.95 bits per heavy atom. The Kier molecular flexibility index (Phi) is 5.54. The Morgan fingerprint density at radius 3 is 2.47 bits per heavy atom. The summed E-state index contributed by atoms with van der Waals surface area (Å²) in [6.45, 7) is 9.69. The number of nitrogens with zero attached hydrogens (tertiary/aromatic N) is 3. The summed E-state index contributed by atoms with van der Waals surface area (Å²) in [6, 6.07) is 0. The van der Waals surface area contributed by atoms with Crippen LogP contribution < -0.4 is 15.5 Å². The average Bonchev–Trinajstić information content (AvgIpc) is 2.40. The summed E-state index contributed by atoms with van der Waals surface area (Å²) in [6.07, 6.45) is 0. The van der Waals surface area contributed by atoms with Crippen molar-refractivity contribution >= 4 is 17.5 Å². The molecule has 0 bridgehead atoms. The monoisotopic (exact) mass is 265 g/mol. The molecule has 1 amide bonds. The summed E-state index contributed by atoms with van der Waals surface area (Å²) in [5.41, 5.74) is 0.971. The zero-order chi connectivity index (χ0) is 14.4. The van der Waals surface area contributed by atoms with Crippen LogP contribution in [-0.2, 0) is 4.79 Å². The number of hydrogen-bond donors (Lipinski definition) is 2. The first kappa shape index (κ1) is 15.2. The number of likely N-dealkylation sites (N-methyl/N-ethyl adjacent to an activating group) is 2. The average molecular weight is 265 g/mol. The third kappa shape index (κ3) is 3.81. The molecule has 0 fully saturated rings. The van der Waals surface area contributed by atoms with Crippen molar-refractivity contribution in [3.8, 4) is 0 Å². The van der Waals surface area contributed by atoms with Crippen molar-refractivity contribution in [2.45, 2.75) is 27.7 Å². The molecule has 0 saturated heterocycles. The number of rotatable bonds is 6. The van der Waals surface area contributed by atoms with Gasteiger partial charge in [0.15, 0.2) is 0 Å². The van der Waals surface area contributed by atoms with Gasteiger partial charge in [0, 0.05) is 25.7 Å². The summed E-state index contributed by atoms with van der Waals surface area (Å²) in [4.78, 5) is 22.4. The highest BCUT2D eigenvalue weighted by Gasteiger charge is 2.16. The molecule has 106 valence electrons. The quantitative estimate of drug-likeness (QED) is 0.806. The van der Waals surface area contributed by atoms with E-state index in [1.54, 1.807) is 7.05 Å². The van der Waals surface area contributed by atoms with Gasteiger partial charge >= 0.3 is 0 Å². The standard InChI is InChI=1S/C13H23N5O/c1-6-15-12-9(3)13(17-10(4)16-12)18(7-2)8-11(19)14-5/h6-8H2,1-5H3,(H,14,19)(H,15,16,17). The van der Waals surface area contributed by atoms with E-state index < -0.39 is 0 Å². The van der Waals surface area contributed by atoms with Crippen LogP contribution in [0, 0.1) is 13.8 Å². The van der Waals surface area contributed by atoms with Gasteiger partial charge in [0.2, 0.25) is 5.91 Å². The summed E-state index contributed by atoms with van der Waals surface area (Å²) < 4.78 is 0. The van der Waals surface area contributed by atoms with Crippen LogP contribution in [0.2, 0.25) is 0 Å². The lowest BCUT2D eigenvalue weighted by atomic mass is 10.2. The van der Waals surface area contributed by atoms with Crippen molar-refractivity contribution in [3.63, 3.8) is 0 Å². The predicted octanol–water partition coefficient (Wildman–Crippen LogP) is 1.10. The van der Waals surface area contributed by atoms with E-state index in [2.05, 4.69) is 20.6 Å². The van der Waals surface area contributed by atoms with E-state index in [-0.39, 0.29) is 5.91 Å². The zero-order valence-electron chi connectivity index (χ0n) is 12.4. The lowest BCUT2D eigenvalue weighted by molar-refractivity contribution is -0.119. The molecule has 0 radical (unpaired) electrons. The first-order valence-electron chi connectivity index (χ1n) is 6.58. The Hall–Kier alpha value is -1.85. The molecule has 6 nitrogen and oxygen atoms in total. The van der Waals surface area contributed by atoms with Crippen LogP contribution >= 0.6 is 0 Å². The highest BCUT2D eigenvalue weighted by Crippen LogP contribution is 2.23. The number of amides is 1. The molecule has 1 aromatic heterocycles. The van der Waals surface area contributed by atoms with Gasteiger partial charge in [-0.05, 0) is 27.7 Å². The Labute approximate surface area is 114 Å². The maximum atomic E-state index is 11.5. The summed E-state index contributed by atoms with van der Waals surface area (Å²) >= 11 is 0. The highest BCUT2D eigenvalue weighted by molar-refractivity contribution is 5.81. The SMILES string of the molecule is CCNc1nc(C)nc(N(CC)CC(=O)NC)c1C. The van der Waals surface area contributed by atoms with Crippen LogP contribution in [0.15, 0.2) is 0 Å². The third-order valence-electron chi connectivity index (χ3n) is 2.87. The van der Waals surface area contributed by atoms with Gasteiger partial charge < -0.3 is 15.5 Å². The van der Waals surface area contributed by atoms with Crippen LogP contribution in [-0.4, -0.2) is 42.6 Å². The molecule has 0 spiro atoms. The summed E-state index contributed by atoms with van der Waals surface area (Å²) in [5, 5.41) is 5.86. The van der Waals surface area contributed by atoms with E-state index in [0.29, 0.717) is 12.4 Å². The van der Waals surface area contributed by atoms with Crippen LogP contribution in [0.4, 0.5) is 11.6 Å². The number of aryl methyl sites for hydroxylation is 1. The van der Waals surface area contributed by atoms with Crippen LogP contribution in [0.5, 0.6) is 0 Å². The smallest absolute Gasteiger partial charge is 0.239 e. The highest BCUT2D eigenvalue weighted by atomic mass is 16.1. The summed E-state index contributed by atoms with van der Waals surface area (Å²) in [7, 11) is 1.64. The molecule has 0 aromatic carbocycles. The van der Waals surface area contributed by atoms with Gasteiger partial charge in [-0.2, -0.15) is 0 Å². The molecule has 2 N–H and O–H groups in total. The molecule has 1 heterocycles. The molecule has 0 saturated carbocycles. The molecule has 0 aliphatic heterocycles. The minimum Gasteiger partial charge on any atom is -0.370 e. The maximum Gasteiger partial charge on any atom is 0.239 e. The summed E-state index contributed by atoms with van der Waals surface area (Å²) in [5.74, 6) is 2.32. The Morgan fingerprint density at radius 1 is 1.26 bits per heavy atom.